The molecule has 0 atom stereocenters. The number of aliphatic hydroxyl groups is 1. The van der Waals surface area contributed by atoms with E-state index < -0.39 is 5.72 Å². The zero-order valence-electron chi connectivity index (χ0n) is 7.05. The van der Waals surface area contributed by atoms with Gasteiger partial charge in [0.05, 0.1) is 0 Å². The molecule has 0 spiro atoms. The van der Waals surface area contributed by atoms with Crippen LogP contribution in [-0.4, -0.2) is 28.8 Å². The van der Waals surface area contributed by atoms with Crippen molar-refractivity contribution in [2.75, 3.05) is 13.1 Å². The molecule has 0 unspecified atom stereocenters. The first-order chi connectivity index (χ1) is 5.31. The minimum atomic E-state index is -0.392. The van der Waals surface area contributed by atoms with Gasteiger partial charge in [-0.3, -0.25) is 4.90 Å². The molecular weight excluding hydrogens is 138 g/mol. The molecule has 2 aliphatic rings. The summed E-state index contributed by atoms with van der Waals surface area (Å²) in [4.78, 5) is 2.21. The van der Waals surface area contributed by atoms with Gasteiger partial charge in [0.2, 0.25) is 0 Å². The van der Waals surface area contributed by atoms with E-state index >= 15 is 0 Å². The summed E-state index contributed by atoms with van der Waals surface area (Å²) in [7, 11) is 0. The Bertz CT molecular complexity index is 134. The van der Waals surface area contributed by atoms with Crippen molar-refractivity contribution in [1.82, 2.24) is 4.90 Å². The Hall–Kier alpha value is -0.0800. The lowest BCUT2D eigenvalue weighted by molar-refractivity contribution is -0.0614. The second kappa shape index (κ2) is 2.76. The largest absolute Gasteiger partial charge is 0.376 e. The monoisotopic (exact) mass is 155 g/mol. The zero-order chi connectivity index (χ0) is 7.73. The summed E-state index contributed by atoms with van der Waals surface area (Å²) >= 11 is 0. The van der Waals surface area contributed by atoms with Gasteiger partial charge in [0.25, 0.3) is 0 Å². The van der Waals surface area contributed by atoms with E-state index in [0.717, 1.165) is 25.9 Å². The van der Waals surface area contributed by atoms with Gasteiger partial charge in [0, 0.05) is 13.1 Å². The Morgan fingerprint density at radius 3 is 1.91 bits per heavy atom. The molecule has 0 amide bonds. The van der Waals surface area contributed by atoms with Crippen molar-refractivity contribution < 1.29 is 5.11 Å². The molecular formula is C9H17NO. The maximum Gasteiger partial charge on any atom is 0.118 e. The maximum atomic E-state index is 10.1. The molecule has 2 fully saturated rings. The first-order valence-electron chi connectivity index (χ1n) is 4.79. The molecule has 1 saturated carbocycles. The third-order valence-electron chi connectivity index (χ3n) is 2.94. The van der Waals surface area contributed by atoms with E-state index in [9.17, 15) is 5.11 Å². The Balaban J connectivity index is 1.96. The molecule has 1 heterocycles. The number of rotatable bonds is 1. The van der Waals surface area contributed by atoms with Crippen molar-refractivity contribution in [3.05, 3.63) is 0 Å². The van der Waals surface area contributed by atoms with E-state index in [-0.39, 0.29) is 0 Å². The number of hydrogen-bond acceptors (Lipinski definition) is 2. The summed E-state index contributed by atoms with van der Waals surface area (Å²) in [6.45, 7) is 2.24. The fourth-order valence-corrected chi connectivity index (χ4v) is 2.08. The molecule has 0 bridgehead atoms. The smallest absolute Gasteiger partial charge is 0.118 e. The predicted octanol–water partition coefficient (Wildman–Crippen LogP) is 1.34. The van der Waals surface area contributed by atoms with Crippen LogP contribution >= 0.6 is 0 Å². The second-order valence-corrected chi connectivity index (χ2v) is 3.88. The van der Waals surface area contributed by atoms with E-state index in [2.05, 4.69) is 4.90 Å². The third-order valence-corrected chi connectivity index (χ3v) is 2.94. The van der Waals surface area contributed by atoms with E-state index in [4.69, 9.17) is 0 Å². The van der Waals surface area contributed by atoms with Crippen LogP contribution in [0.15, 0.2) is 0 Å². The van der Waals surface area contributed by atoms with Crippen LogP contribution in [0, 0.1) is 0 Å². The highest BCUT2D eigenvalue weighted by atomic mass is 16.3. The van der Waals surface area contributed by atoms with Crippen molar-refractivity contribution >= 4 is 0 Å². The first kappa shape index (κ1) is 7.56. The van der Waals surface area contributed by atoms with Crippen LogP contribution < -0.4 is 0 Å². The summed E-state index contributed by atoms with van der Waals surface area (Å²) in [6, 6.07) is 0. The van der Waals surface area contributed by atoms with Crippen molar-refractivity contribution in [3.8, 4) is 0 Å². The van der Waals surface area contributed by atoms with Crippen LogP contribution in [0.3, 0.4) is 0 Å². The van der Waals surface area contributed by atoms with Crippen molar-refractivity contribution in [1.29, 1.82) is 0 Å². The van der Waals surface area contributed by atoms with Gasteiger partial charge in [0.1, 0.15) is 5.72 Å². The Kier molecular flexibility index (Phi) is 1.90. The van der Waals surface area contributed by atoms with Crippen molar-refractivity contribution in [2.24, 2.45) is 0 Å². The summed E-state index contributed by atoms with van der Waals surface area (Å²) in [6.07, 6.45) is 7.08. The summed E-state index contributed by atoms with van der Waals surface area (Å²) in [5.74, 6) is 0. The first-order valence-corrected chi connectivity index (χ1v) is 4.79. The standard InChI is InChI=1S/C9H17NO/c11-9(10-7-8-10)5-3-1-2-4-6-9/h11H,1-8H2. The SMILES string of the molecule is OC1(N2CC2)CCCCCC1. The molecule has 11 heavy (non-hydrogen) atoms. The highest BCUT2D eigenvalue weighted by Gasteiger charge is 2.40. The summed E-state index contributed by atoms with van der Waals surface area (Å²) < 4.78 is 0. The molecule has 1 N–H and O–H groups in total. The normalized spacial score (nSPS) is 31.4. The van der Waals surface area contributed by atoms with E-state index in [0.29, 0.717) is 0 Å². The predicted molar refractivity (Wildman–Crippen MR) is 44.2 cm³/mol. The Labute approximate surface area is 68.2 Å². The van der Waals surface area contributed by atoms with Gasteiger partial charge in [-0.25, -0.2) is 0 Å². The minimum Gasteiger partial charge on any atom is -0.376 e. The molecule has 0 aromatic carbocycles. The van der Waals surface area contributed by atoms with Crippen LogP contribution in [0.4, 0.5) is 0 Å². The third kappa shape index (κ3) is 1.57. The van der Waals surface area contributed by atoms with Crippen LogP contribution in [0.1, 0.15) is 38.5 Å². The average molecular weight is 155 g/mol. The number of nitrogens with zero attached hydrogens (tertiary/aromatic N) is 1. The number of hydrogen-bond donors (Lipinski definition) is 1. The minimum absolute atomic E-state index is 0.392. The molecule has 64 valence electrons. The van der Waals surface area contributed by atoms with Crippen LogP contribution in [0.2, 0.25) is 0 Å². The second-order valence-electron chi connectivity index (χ2n) is 3.88. The Morgan fingerprint density at radius 2 is 1.45 bits per heavy atom. The van der Waals surface area contributed by atoms with E-state index in [1.807, 2.05) is 0 Å². The van der Waals surface area contributed by atoms with Crippen molar-refractivity contribution in [2.45, 2.75) is 44.2 Å². The Morgan fingerprint density at radius 1 is 0.909 bits per heavy atom. The molecule has 1 aliphatic heterocycles. The lowest BCUT2D eigenvalue weighted by Gasteiger charge is -2.27. The van der Waals surface area contributed by atoms with E-state index in [1.54, 1.807) is 0 Å². The van der Waals surface area contributed by atoms with Gasteiger partial charge >= 0.3 is 0 Å². The summed E-state index contributed by atoms with van der Waals surface area (Å²) in [5.41, 5.74) is -0.392. The van der Waals surface area contributed by atoms with Crippen LogP contribution in [-0.2, 0) is 0 Å². The lowest BCUT2D eigenvalue weighted by atomic mass is 10.1. The van der Waals surface area contributed by atoms with Gasteiger partial charge in [0.15, 0.2) is 0 Å². The molecule has 0 radical (unpaired) electrons. The molecule has 2 rings (SSSR count). The zero-order valence-corrected chi connectivity index (χ0v) is 7.05. The van der Waals surface area contributed by atoms with Crippen LogP contribution in [0.5, 0.6) is 0 Å². The van der Waals surface area contributed by atoms with E-state index in [1.165, 1.54) is 25.7 Å². The van der Waals surface area contributed by atoms with Gasteiger partial charge in [-0.2, -0.15) is 0 Å². The molecule has 0 aromatic heterocycles. The summed E-state index contributed by atoms with van der Waals surface area (Å²) in [5, 5.41) is 10.1. The fraction of sp³-hybridized carbons (Fsp3) is 1.00. The van der Waals surface area contributed by atoms with Gasteiger partial charge in [-0.05, 0) is 25.7 Å². The molecule has 0 aromatic rings. The van der Waals surface area contributed by atoms with Gasteiger partial charge < -0.3 is 5.11 Å². The van der Waals surface area contributed by atoms with Gasteiger partial charge in [-0.15, -0.1) is 0 Å². The van der Waals surface area contributed by atoms with Crippen LogP contribution in [0.25, 0.3) is 0 Å². The highest BCUT2D eigenvalue weighted by Crippen LogP contribution is 2.33. The van der Waals surface area contributed by atoms with Crippen molar-refractivity contribution in [3.63, 3.8) is 0 Å². The average Bonchev–Trinajstić information content (AvgIpc) is 2.70. The fourth-order valence-electron chi connectivity index (χ4n) is 2.08. The lowest BCUT2D eigenvalue weighted by Crippen LogP contribution is -2.36. The maximum absolute atomic E-state index is 10.1. The molecule has 2 nitrogen and oxygen atoms in total. The topological polar surface area (TPSA) is 23.2 Å². The molecule has 1 aliphatic carbocycles. The quantitative estimate of drug-likeness (QED) is 0.456. The molecule has 2 heteroatoms. The highest BCUT2D eigenvalue weighted by molar-refractivity contribution is 4.89. The molecule has 1 saturated heterocycles. The van der Waals surface area contributed by atoms with Gasteiger partial charge in [-0.1, -0.05) is 12.8 Å².